The molecule has 1 saturated heterocycles. The second-order valence-electron chi connectivity index (χ2n) is 5.04. The molecule has 1 aliphatic heterocycles. The Morgan fingerprint density at radius 1 is 1.21 bits per heavy atom. The fourth-order valence-electron chi connectivity index (χ4n) is 2.40. The molecular formula is C15H25N3O. The summed E-state index contributed by atoms with van der Waals surface area (Å²) in [7, 11) is 0. The second-order valence-corrected chi connectivity index (χ2v) is 5.04. The number of hydrogen-bond acceptors (Lipinski definition) is 3. The number of amides is 1. The molecule has 0 aromatic carbocycles. The fourth-order valence-corrected chi connectivity index (χ4v) is 2.40. The highest BCUT2D eigenvalue weighted by Gasteiger charge is 2.20. The summed E-state index contributed by atoms with van der Waals surface area (Å²) in [5.74, 6) is -0.0978. The van der Waals surface area contributed by atoms with E-state index in [1.165, 1.54) is 6.42 Å². The average Bonchev–Trinajstić information content (AvgIpc) is 2.45. The Morgan fingerprint density at radius 2 is 1.79 bits per heavy atom. The van der Waals surface area contributed by atoms with Gasteiger partial charge >= 0.3 is 0 Å². The van der Waals surface area contributed by atoms with Crippen LogP contribution in [0, 0.1) is 11.3 Å². The summed E-state index contributed by atoms with van der Waals surface area (Å²) in [5.41, 5.74) is 0.281. The molecule has 0 spiro atoms. The van der Waals surface area contributed by atoms with Gasteiger partial charge in [0.15, 0.2) is 0 Å². The minimum Gasteiger partial charge on any atom is -0.376 e. The Morgan fingerprint density at radius 3 is 2.26 bits per heavy atom. The predicted molar refractivity (Wildman–Crippen MR) is 76.3 cm³/mol. The van der Waals surface area contributed by atoms with Crippen LogP contribution in [-0.4, -0.2) is 41.9 Å². The number of piperidine rings is 1. The quantitative estimate of drug-likeness (QED) is 0.546. The maximum absolute atomic E-state index is 12.3. The van der Waals surface area contributed by atoms with Crippen molar-refractivity contribution >= 4 is 5.91 Å². The third-order valence-corrected chi connectivity index (χ3v) is 3.33. The molecular weight excluding hydrogens is 238 g/mol. The SMILES string of the molecule is CCCN(/C=C(/C#N)C(=O)N1CCCCC1)CCC. The molecule has 0 radical (unpaired) electrons. The minimum atomic E-state index is -0.0978. The number of nitriles is 1. The van der Waals surface area contributed by atoms with Crippen LogP contribution in [0.15, 0.2) is 11.8 Å². The van der Waals surface area contributed by atoms with Gasteiger partial charge in [-0.25, -0.2) is 0 Å². The topological polar surface area (TPSA) is 47.3 Å². The zero-order chi connectivity index (χ0) is 14.1. The van der Waals surface area contributed by atoms with E-state index in [2.05, 4.69) is 24.8 Å². The van der Waals surface area contributed by atoms with Gasteiger partial charge in [-0.1, -0.05) is 13.8 Å². The van der Waals surface area contributed by atoms with E-state index in [9.17, 15) is 10.1 Å². The summed E-state index contributed by atoms with van der Waals surface area (Å²) >= 11 is 0. The van der Waals surface area contributed by atoms with Crippen molar-refractivity contribution in [3.63, 3.8) is 0 Å². The van der Waals surface area contributed by atoms with Gasteiger partial charge in [0.1, 0.15) is 11.6 Å². The molecule has 19 heavy (non-hydrogen) atoms. The first kappa shape index (κ1) is 15.6. The van der Waals surface area contributed by atoms with Crippen LogP contribution in [0.4, 0.5) is 0 Å². The monoisotopic (exact) mass is 263 g/mol. The van der Waals surface area contributed by atoms with E-state index < -0.39 is 0 Å². The van der Waals surface area contributed by atoms with Crippen LogP contribution >= 0.6 is 0 Å². The average molecular weight is 263 g/mol. The Hall–Kier alpha value is -1.50. The number of hydrogen-bond donors (Lipinski definition) is 0. The van der Waals surface area contributed by atoms with Gasteiger partial charge in [0.05, 0.1) is 0 Å². The largest absolute Gasteiger partial charge is 0.376 e. The zero-order valence-corrected chi connectivity index (χ0v) is 12.2. The Labute approximate surface area is 116 Å². The molecule has 0 aliphatic carbocycles. The van der Waals surface area contributed by atoms with Crippen LogP contribution in [-0.2, 0) is 4.79 Å². The smallest absolute Gasteiger partial charge is 0.266 e. The summed E-state index contributed by atoms with van der Waals surface area (Å²) in [6.45, 7) is 7.58. The van der Waals surface area contributed by atoms with Gasteiger partial charge in [-0.2, -0.15) is 5.26 Å². The molecule has 106 valence electrons. The van der Waals surface area contributed by atoms with Gasteiger partial charge in [0.2, 0.25) is 0 Å². The molecule has 1 fully saturated rings. The highest BCUT2D eigenvalue weighted by molar-refractivity contribution is 5.97. The fraction of sp³-hybridized carbons (Fsp3) is 0.733. The van der Waals surface area contributed by atoms with Crippen molar-refractivity contribution < 1.29 is 4.79 Å². The summed E-state index contributed by atoms with van der Waals surface area (Å²) in [5, 5.41) is 9.22. The number of carbonyl (C=O) groups is 1. The normalized spacial score (nSPS) is 16.1. The van der Waals surface area contributed by atoms with Gasteiger partial charge in [-0.15, -0.1) is 0 Å². The molecule has 0 aromatic rings. The molecule has 0 saturated carbocycles. The van der Waals surface area contributed by atoms with Crippen molar-refractivity contribution in [3.8, 4) is 6.07 Å². The van der Waals surface area contributed by atoms with E-state index in [1.54, 1.807) is 6.20 Å². The van der Waals surface area contributed by atoms with Crippen LogP contribution in [0.5, 0.6) is 0 Å². The first-order chi connectivity index (χ1) is 9.22. The summed E-state index contributed by atoms with van der Waals surface area (Å²) in [4.78, 5) is 16.2. The van der Waals surface area contributed by atoms with Crippen LogP contribution in [0.2, 0.25) is 0 Å². The van der Waals surface area contributed by atoms with E-state index >= 15 is 0 Å². The molecule has 1 amide bonds. The molecule has 0 aromatic heterocycles. The van der Waals surface area contributed by atoms with E-state index in [4.69, 9.17) is 0 Å². The number of rotatable bonds is 6. The van der Waals surface area contributed by atoms with Crippen molar-refractivity contribution in [2.24, 2.45) is 0 Å². The van der Waals surface area contributed by atoms with Crippen LogP contribution < -0.4 is 0 Å². The van der Waals surface area contributed by atoms with Crippen molar-refractivity contribution in [1.82, 2.24) is 9.80 Å². The van der Waals surface area contributed by atoms with Gasteiger partial charge in [-0.3, -0.25) is 4.79 Å². The van der Waals surface area contributed by atoms with E-state index in [-0.39, 0.29) is 11.5 Å². The molecule has 4 nitrogen and oxygen atoms in total. The molecule has 0 unspecified atom stereocenters. The third-order valence-electron chi connectivity index (χ3n) is 3.33. The van der Waals surface area contributed by atoms with Crippen molar-refractivity contribution in [1.29, 1.82) is 5.26 Å². The van der Waals surface area contributed by atoms with E-state index in [1.807, 2.05) is 4.90 Å². The lowest BCUT2D eigenvalue weighted by atomic mass is 10.1. The molecule has 0 atom stereocenters. The standard InChI is InChI=1S/C15H25N3O/c1-3-8-17(9-4-2)13-14(12-16)15(19)18-10-6-5-7-11-18/h13H,3-11H2,1-2H3/b14-13-. The van der Waals surface area contributed by atoms with Gasteiger partial charge in [-0.05, 0) is 32.1 Å². The molecule has 1 aliphatic rings. The van der Waals surface area contributed by atoms with Crippen molar-refractivity contribution in [3.05, 3.63) is 11.8 Å². The third kappa shape index (κ3) is 4.94. The summed E-state index contributed by atoms with van der Waals surface area (Å²) in [6, 6.07) is 2.07. The Kier molecular flexibility index (Phi) is 7.02. The second kappa shape index (κ2) is 8.58. The first-order valence-corrected chi connectivity index (χ1v) is 7.38. The van der Waals surface area contributed by atoms with E-state index in [0.717, 1.165) is 51.9 Å². The van der Waals surface area contributed by atoms with Gasteiger partial charge in [0.25, 0.3) is 5.91 Å². The van der Waals surface area contributed by atoms with Crippen molar-refractivity contribution in [2.75, 3.05) is 26.2 Å². The zero-order valence-electron chi connectivity index (χ0n) is 12.2. The van der Waals surface area contributed by atoms with Gasteiger partial charge < -0.3 is 9.80 Å². The van der Waals surface area contributed by atoms with Gasteiger partial charge in [0, 0.05) is 32.4 Å². The summed E-state index contributed by atoms with van der Waals surface area (Å²) < 4.78 is 0. The lowest BCUT2D eigenvalue weighted by Gasteiger charge is -2.27. The number of likely N-dealkylation sites (tertiary alicyclic amines) is 1. The molecule has 0 bridgehead atoms. The molecule has 4 heteroatoms. The Balaban J connectivity index is 2.73. The van der Waals surface area contributed by atoms with E-state index in [0.29, 0.717) is 0 Å². The summed E-state index contributed by atoms with van der Waals surface area (Å²) in [6.07, 6.45) is 7.09. The van der Waals surface area contributed by atoms with Crippen LogP contribution in [0.1, 0.15) is 46.0 Å². The minimum absolute atomic E-state index is 0.0978. The maximum Gasteiger partial charge on any atom is 0.266 e. The number of carbonyl (C=O) groups excluding carboxylic acids is 1. The molecule has 1 rings (SSSR count). The highest BCUT2D eigenvalue weighted by Crippen LogP contribution is 2.12. The number of nitrogens with zero attached hydrogens (tertiary/aromatic N) is 3. The Bertz CT molecular complexity index is 345. The van der Waals surface area contributed by atoms with Crippen LogP contribution in [0.3, 0.4) is 0 Å². The molecule has 1 heterocycles. The first-order valence-electron chi connectivity index (χ1n) is 7.38. The highest BCUT2D eigenvalue weighted by atomic mass is 16.2. The maximum atomic E-state index is 12.3. The predicted octanol–water partition coefficient (Wildman–Crippen LogP) is 2.53. The van der Waals surface area contributed by atoms with Crippen molar-refractivity contribution in [2.45, 2.75) is 46.0 Å². The lowest BCUT2D eigenvalue weighted by Crippen LogP contribution is -2.37. The van der Waals surface area contributed by atoms with Crippen LogP contribution in [0.25, 0.3) is 0 Å². The molecule has 0 N–H and O–H groups in total. The lowest BCUT2D eigenvalue weighted by molar-refractivity contribution is -0.127.